The fourth-order valence-corrected chi connectivity index (χ4v) is 3.35. The zero-order valence-corrected chi connectivity index (χ0v) is 12.4. The topological polar surface area (TPSA) is 83.5 Å². The third kappa shape index (κ3) is 2.22. The molecule has 0 bridgehead atoms. The van der Waals surface area contributed by atoms with Gasteiger partial charge < -0.3 is 18.9 Å². The number of nitrogens with zero attached hydrogens (tertiary/aromatic N) is 1. The van der Waals surface area contributed by atoms with Gasteiger partial charge in [-0.25, -0.2) is 4.79 Å². The predicted molar refractivity (Wildman–Crippen MR) is 66.7 cm³/mol. The molecule has 3 heterocycles. The molecule has 3 fully saturated rings. The number of methoxy groups -OCH3 is 2. The summed E-state index contributed by atoms with van der Waals surface area (Å²) >= 11 is 0. The minimum atomic E-state index is -1.01. The van der Waals surface area contributed by atoms with Crippen molar-refractivity contribution in [1.29, 1.82) is 0 Å². The van der Waals surface area contributed by atoms with E-state index in [-0.39, 0.29) is 12.2 Å². The molecule has 3 rings (SSSR count). The molecule has 0 radical (unpaired) electrons. The predicted octanol–water partition coefficient (Wildman–Crippen LogP) is -0.533. The van der Waals surface area contributed by atoms with Crippen LogP contribution in [0.3, 0.4) is 0 Å². The summed E-state index contributed by atoms with van der Waals surface area (Å²) < 4.78 is 21.2. The lowest BCUT2D eigenvalue weighted by atomic mass is 9.91. The Morgan fingerprint density at radius 1 is 1.14 bits per heavy atom. The van der Waals surface area contributed by atoms with Crippen LogP contribution in [-0.4, -0.2) is 67.9 Å². The molecular formula is C13H19NO7. The summed E-state index contributed by atoms with van der Waals surface area (Å²) in [7, 11) is 2.53. The van der Waals surface area contributed by atoms with Crippen molar-refractivity contribution in [2.45, 2.75) is 44.0 Å². The van der Waals surface area contributed by atoms with Crippen molar-refractivity contribution in [2.75, 3.05) is 20.8 Å². The van der Waals surface area contributed by atoms with E-state index in [9.17, 15) is 9.59 Å². The van der Waals surface area contributed by atoms with Crippen LogP contribution in [-0.2, 0) is 33.4 Å². The van der Waals surface area contributed by atoms with Crippen molar-refractivity contribution in [1.82, 2.24) is 5.06 Å². The van der Waals surface area contributed by atoms with Crippen molar-refractivity contribution in [3.05, 3.63) is 0 Å². The van der Waals surface area contributed by atoms with Gasteiger partial charge in [-0.1, -0.05) is 0 Å². The van der Waals surface area contributed by atoms with Crippen LogP contribution in [0.15, 0.2) is 0 Å². The summed E-state index contributed by atoms with van der Waals surface area (Å²) in [5.41, 5.74) is 0. The summed E-state index contributed by atoms with van der Waals surface area (Å²) in [6.45, 7) is 4.06. The lowest BCUT2D eigenvalue weighted by Gasteiger charge is -2.24. The summed E-state index contributed by atoms with van der Waals surface area (Å²) in [4.78, 5) is 29.5. The van der Waals surface area contributed by atoms with Gasteiger partial charge in [-0.2, -0.15) is 5.06 Å². The molecule has 8 nitrogen and oxygen atoms in total. The summed E-state index contributed by atoms with van der Waals surface area (Å²) in [5.74, 6) is -2.64. The largest absolute Gasteiger partial charge is 0.469 e. The number of fused-ring (bicyclic) bond motifs is 3. The highest BCUT2D eigenvalue weighted by molar-refractivity contribution is 5.85. The maximum Gasteiger partial charge on any atom is 0.338 e. The highest BCUT2D eigenvalue weighted by Crippen LogP contribution is 2.44. The van der Waals surface area contributed by atoms with Crippen LogP contribution in [0.25, 0.3) is 0 Å². The number of hydrogen-bond acceptors (Lipinski definition) is 8. The van der Waals surface area contributed by atoms with Crippen molar-refractivity contribution in [3.8, 4) is 0 Å². The third-order valence-electron chi connectivity index (χ3n) is 4.10. The van der Waals surface area contributed by atoms with Crippen LogP contribution >= 0.6 is 0 Å². The summed E-state index contributed by atoms with van der Waals surface area (Å²) in [5, 5.41) is 1.58. The molecule has 5 atom stereocenters. The Kier molecular flexibility index (Phi) is 3.44. The van der Waals surface area contributed by atoms with Crippen LogP contribution in [0.4, 0.5) is 0 Å². The van der Waals surface area contributed by atoms with Gasteiger partial charge in [0.05, 0.1) is 26.8 Å². The molecule has 0 aromatic heterocycles. The Bertz CT molecular complexity index is 465. The fraction of sp³-hybridized carbons (Fsp3) is 0.846. The molecule has 3 aliphatic heterocycles. The van der Waals surface area contributed by atoms with Gasteiger partial charge in [0.2, 0.25) is 0 Å². The van der Waals surface area contributed by atoms with Crippen molar-refractivity contribution in [2.24, 2.45) is 5.92 Å². The minimum Gasteiger partial charge on any atom is -0.469 e. The van der Waals surface area contributed by atoms with E-state index >= 15 is 0 Å². The van der Waals surface area contributed by atoms with Crippen LogP contribution in [0.5, 0.6) is 0 Å². The SMILES string of the molecule is COC(=O)[C@H]1[C@@H]2[C@H]3OC(C)(C)O[C@@H]3CN2O[C@H]1C(=O)OC. The van der Waals surface area contributed by atoms with E-state index in [1.807, 2.05) is 13.8 Å². The van der Waals surface area contributed by atoms with E-state index in [0.717, 1.165) is 0 Å². The molecule has 118 valence electrons. The van der Waals surface area contributed by atoms with Gasteiger partial charge in [0.25, 0.3) is 0 Å². The Morgan fingerprint density at radius 3 is 2.43 bits per heavy atom. The maximum atomic E-state index is 12.1. The Hall–Kier alpha value is -1.22. The highest BCUT2D eigenvalue weighted by atomic mass is 16.8. The van der Waals surface area contributed by atoms with Crippen molar-refractivity contribution in [3.63, 3.8) is 0 Å². The molecule has 8 heteroatoms. The number of carbonyl (C=O) groups is 2. The second-order valence-electron chi connectivity index (χ2n) is 5.83. The highest BCUT2D eigenvalue weighted by Gasteiger charge is 2.64. The second kappa shape index (κ2) is 4.91. The van der Waals surface area contributed by atoms with E-state index in [1.54, 1.807) is 5.06 Å². The molecule has 3 aliphatic rings. The van der Waals surface area contributed by atoms with E-state index in [0.29, 0.717) is 6.54 Å². The van der Waals surface area contributed by atoms with Crippen LogP contribution in [0, 0.1) is 5.92 Å². The molecule has 0 aromatic rings. The van der Waals surface area contributed by atoms with Gasteiger partial charge in [0.15, 0.2) is 11.9 Å². The number of rotatable bonds is 2. The first-order chi connectivity index (χ1) is 9.88. The number of esters is 2. The molecule has 0 amide bonds. The van der Waals surface area contributed by atoms with Gasteiger partial charge in [0.1, 0.15) is 18.1 Å². The molecule has 0 saturated carbocycles. The lowest BCUT2D eigenvalue weighted by molar-refractivity contribution is -0.209. The van der Waals surface area contributed by atoms with Gasteiger partial charge in [0, 0.05) is 0 Å². The first-order valence-electron chi connectivity index (χ1n) is 6.82. The Labute approximate surface area is 122 Å². The van der Waals surface area contributed by atoms with Gasteiger partial charge in [-0.15, -0.1) is 0 Å². The number of hydroxylamine groups is 2. The normalized spacial score (nSPS) is 40.7. The fourth-order valence-electron chi connectivity index (χ4n) is 3.35. The quantitative estimate of drug-likeness (QED) is 0.629. The van der Waals surface area contributed by atoms with E-state index in [2.05, 4.69) is 0 Å². The second-order valence-corrected chi connectivity index (χ2v) is 5.83. The molecule has 0 unspecified atom stereocenters. The smallest absolute Gasteiger partial charge is 0.338 e. The number of hydrogen-bond donors (Lipinski definition) is 0. The first-order valence-corrected chi connectivity index (χ1v) is 6.82. The Morgan fingerprint density at radius 2 is 1.81 bits per heavy atom. The van der Waals surface area contributed by atoms with Gasteiger partial charge in [-0.3, -0.25) is 9.63 Å². The number of carbonyl (C=O) groups excluding carboxylic acids is 2. The molecule has 0 spiro atoms. The average molecular weight is 301 g/mol. The van der Waals surface area contributed by atoms with E-state index in [4.69, 9.17) is 23.8 Å². The minimum absolute atomic E-state index is 0.198. The first kappa shape index (κ1) is 14.7. The van der Waals surface area contributed by atoms with Crippen LogP contribution in [0.1, 0.15) is 13.8 Å². The third-order valence-corrected chi connectivity index (χ3v) is 4.10. The monoisotopic (exact) mass is 301 g/mol. The Balaban J connectivity index is 1.88. The van der Waals surface area contributed by atoms with E-state index in [1.165, 1.54) is 14.2 Å². The zero-order valence-electron chi connectivity index (χ0n) is 12.4. The van der Waals surface area contributed by atoms with Crippen LogP contribution in [0.2, 0.25) is 0 Å². The molecule has 0 aromatic carbocycles. The molecule has 0 N–H and O–H groups in total. The molecular weight excluding hydrogens is 282 g/mol. The molecule has 0 aliphatic carbocycles. The average Bonchev–Trinajstić information content (AvgIpc) is 3.02. The van der Waals surface area contributed by atoms with E-state index < -0.39 is 35.8 Å². The molecule has 21 heavy (non-hydrogen) atoms. The summed E-state index contributed by atoms with van der Waals surface area (Å²) in [6, 6.07) is -0.423. The van der Waals surface area contributed by atoms with Crippen LogP contribution < -0.4 is 0 Å². The summed E-state index contributed by atoms with van der Waals surface area (Å²) in [6.07, 6.45) is -1.56. The van der Waals surface area contributed by atoms with Gasteiger partial charge >= 0.3 is 11.9 Å². The molecule has 3 saturated heterocycles. The van der Waals surface area contributed by atoms with Crippen molar-refractivity contribution >= 4 is 11.9 Å². The standard InChI is InChI=1S/C13H19NO7/c1-13(2)19-6-5-14-8(9(6)20-13)7(11(15)17-3)10(21-14)12(16)18-4/h6-10H,5H2,1-4H3/t6-,7+,8-,9+,10-/m1/s1. The van der Waals surface area contributed by atoms with Crippen molar-refractivity contribution < 1.29 is 33.4 Å². The van der Waals surface area contributed by atoms with Gasteiger partial charge in [-0.05, 0) is 13.8 Å². The number of ether oxygens (including phenoxy) is 4. The lowest BCUT2D eigenvalue weighted by Crippen LogP contribution is -2.44. The maximum absolute atomic E-state index is 12.1. The zero-order chi connectivity index (χ0) is 15.4.